The van der Waals surface area contributed by atoms with Gasteiger partial charge in [0.15, 0.2) is 0 Å². The van der Waals surface area contributed by atoms with Crippen molar-refractivity contribution < 1.29 is 19.1 Å². The molecule has 0 heterocycles. The lowest BCUT2D eigenvalue weighted by molar-refractivity contribution is -0.162. The van der Waals surface area contributed by atoms with Crippen molar-refractivity contribution in [2.45, 2.75) is 45.8 Å². The molecule has 3 rings (SSSR count). The summed E-state index contributed by atoms with van der Waals surface area (Å²) in [7, 11) is 0. The number of rotatable bonds is 4. The van der Waals surface area contributed by atoms with Gasteiger partial charge in [0.1, 0.15) is 18.6 Å². The minimum Gasteiger partial charge on any atom is -0.460 e. The van der Waals surface area contributed by atoms with Gasteiger partial charge in [-0.15, -0.1) is 0 Å². The molecule has 0 unspecified atom stereocenters. The molecule has 0 spiro atoms. The Morgan fingerprint density at radius 2 is 1.68 bits per heavy atom. The smallest absolute Gasteiger partial charge is 0.317 e. The highest BCUT2D eigenvalue weighted by Crippen LogP contribution is 2.38. The largest absolute Gasteiger partial charge is 0.460 e. The van der Waals surface area contributed by atoms with Crippen LogP contribution in [-0.4, -0.2) is 17.5 Å². The predicted molar refractivity (Wildman–Crippen MR) is 94.9 cm³/mol. The Kier molecular flexibility index (Phi) is 4.62. The second-order valence-electron chi connectivity index (χ2n) is 7.20. The molecule has 2 aromatic carbocycles. The zero-order valence-corrected chi connectivity index (χ0v) is 14.8. The Balaban J connectivity index is 1.64. The molecular weight excluding hydrogens is 316 g/mol. The van der Waals surface area contributed by atoms with E-state index >= 15 is 0 Å². The second kappa shape index (κ2) is 6.71. The van der Waals surface area contributed by atoms with Gasteiger partial charge in [0.2, 0.25) is 0 Å². The summed E-state index contributed by atoms with van der Waals surface area (Å²) in [5.74, 6) is -1.13. The molecule has 0 bridgehead atoms. The molecule has 0 aromatic heterocycles. The zero-order chi connectivity index (χ0) is 18.0. The predicted octanol–water partition coefficient (Wildman–Crippen LogP) is 4.03. The molecule has 130 valence electrons. The van der Waals surface area contributed by atoms with Crippen LogP contribution in [0.5, 0.6) is 0 Å². The van der Waals surface area contributed by atoms with E-state index in [9.17, 15) is 9.59 Å². The van der Waals surface area contributed by atoms with E-state index in [-0.39, 0.29) is 13.0 Å². The van der Waals surface area contributed by atoms with Gasteiger partial charge >= 0.3 is 11.9 Å². The molecule has 0 fully saturated rings. The summed E-state index contributed by atoms with van der Waals surface area (Å²) in [5.41, 5.74) is 5.27. The van der Waals surface area contributed by atoms with Crippen LogP contribution in [0.2, 0.25) is 0 Å². The van der Waals surface area contributed by atoms with Gasteiger partial charge in [-0.3, -0.25) is 9.59 Å². The van der Waals surface area contributed by atoms with Gasteiger partial charge in [0.05, 0.1) is 0 Å². The van der Waals surface area contributed by atoms with Gasteiger partial charge in [0, 0.05) is 0 Å². The number of carbonyl (C=O) groups is 2. The molecular formula is C21H22O4. The molecule has 2 aromatic rings. The van der Waals surface area contributed by atoms with Crippen LogP contribution in [0.4, 0.5) is 0 Å². The molecule has 4 nitrogen and oxygen atoms in total. The monoisotopic (exact) mass is 338 g/mol. The number of fused-ring (bicyclic) bond motifs is 3. The maximum absolute atomic E-state index is 11.9. The summed E-state index contributed by atoms with van der Waals surface area (Å²) in [6.07, 6.45) is 0.470. The van der Waals surface area contributed by atoms with Crippen molar-refractivity contribution >= 4 is 11.9 Å². The van der Waals surface area contributed by atoms with E-state index in [1.807, 2.05) is 24.3 Å². The Labute approximate surface area is 147 Å². The third kappa shape index (κ3) is 4.08. The number of ether oxygens (including phenoxy) is 2. The summed E-state index contributed by atoms with van der Waals surface area (Å²) in [6.45, 7) is 5.46. The fraction of sp³-hybridized carbons (Fsp3) is 0.333. The van der Waals surface area contributed by atoms with Crippen molar-refractivity contribution in [1.82, 2.24) is 0 Å². The first-order valence-electron chi connectivity index (χ1n) is 8.40. The maximum atomic E-state index is 11.9. The van der Waals surface area contributed by atoms with E-state index in [2.05, 4.69) is 18.2 Å². The van der Waals surface area contributed by atoms with Gasteiger partial charge in [-0.25, -0.2) is 0 Å². The topological polar surface area (TPSA) is 52.6 Å². The van der Waals surface area contributed by atoms with E-state index < -0.39 is 17.5 Å². The van der Waals surface area contributed by atoms with Crippen LogP contribution in [0.15, 0.2) is 42.5 Å². The quantitative estimate of drug-likeness (QED) is 0.532. The van der Waals surface area contributed by atoms with Crippen molar-refractivity contribution in [1.29, 1.82) is 0 Å². The SMILES string of the molecule is CC(C)(C)OC(=O)CC(=O)OCc1cccc2c1Cc1ccccc1-2. The Bertz CT molecular complexity index is 815. The Morgan fingerprint density at radius 3 is 2.44 bits per heavy atom. The number of benzene rings is 2. The molecule has 0 aliphatic heterocycles. The fourth-order valence-electron chi connectivity index (χ4n) is 3.06. The Morgan fingerprint density at radius 1 is 0.960 bits per heavy atom. The van der Waals surface area contributed by atoms with Crippen LogP contribution in [0, 0.1) is 0 Å². The van der Waals surface area contributed by atoms with E-state index in [1.165, 1.54) is 22.3 Å². The van der Waals surface area contributed by atoms with Crippen LogP contribution >= 0.6 is 0 Å². The normalized spacial score (nSPS) is 12.3. The van der Waals surface area contributed by atoms with Crippen LogP contribution in [0.3, 0.4) is 0 Å². The van der Waals surface area contributed by atoms with E-state index in [0.717, 1.165) is 12.0 Å². The number of hydrogen-bond donors (Lipinski definition) is 0. The minimum atomic E-state index is -0.608. The molecule has 0 amide bonds. The van der Waals surface area contributed by atoms with E-state index in [1.54, 1.807) is 20.8 Å². The minimum absolute atomic E-state index is 0.165. The highest BCUT2D eigenvalue weighted by Gasteiger charge is 2.22. The lowest BCUT2D eigenvalue weighted by Crippen LogP contribution is -2.25. The Hall–Kier alpha value is -2.62. The molecule has 0 saturated heterocycles. The first-order chi connectivity index (χ1) is 11.8. The lowest BCUT2D eigenvalue weighted by Gasteiger charge is -2.19. The molecule has 0 N–H and O–H groups in total. The van der Waals surface area contributed by atoms with Gasteiger partial charge in [0.25, 0.3) is 0 Å². The summed E-state index contributed by atoms with van der Waals surface area (Å²) in [6, 6.07) is 14.3. The molecule has 4 heteroatoms. The van der Waals surface area contributed by atoms with Crippen LogP contribution < -0.4 is 0 Å². The molecule has 0 atom stereocenters. The van der Waals surface area contributed by atoms with E-state index in [0.29, 0.717) is 0 Å². The lowest BCUT2D eigenvalue weighted by atomic mass is 10.0. The van der Waals surface area contributed by atoms with Gasteiger partial charge in [-0.05, 0) is 55.0 Å². The summed E-state index contributed by atoms with van der Waals surface area (Å²) in [5, 5.41) is 0. The van der Waals surface area contributed by atoms with E-state index in [4.69, 9.17) is 9.47 Å². The first kappa shape index (κ1) is 17.2. The van der Waals surface area contributed by atoms with Crippen LogP contribution in [-0.2, 0) is 32.1 Å². The third-order valence-electron chi connectivity index (χ3n) is 4.05. The number of carbonyl (C=O) groups excluding carboxylic acids is 2. The van der Waals surface area contributed by atoms with Crippen molar-refractivity contribution in [2.75, 3.05) is 0 Å². The molecule has 1 aliphatic carbocycles. The number of esters is 2. The molecule has 0 radical (unpaired) electrons. The third-order valence-corrected chi connectivity index (χ3v) is 4.05. The summed E-state index contributed by atoms with van der Waals surface area (Å²) in [4.78, 5) is 23.6. The number of hydrogen-bond acceptors (Lipinski definition) is 4. The average Bonchev–Trinajstić information content (AvgIpc) is 2.90. The van der Waals surface area contributed by atoms with Crippen molar-refractivity contribution in [3.05, 3.63) is 59.2 Å². The van der Waals surface area contributed by atoms with Crippen LogP contribution in [0.25, 0.3) is 11.1 Å². The van der Waals surface area contributed by atoms with Crippen LogP contribution in [0.1, 0.15) is 43.9 Å². The highest BCUT2D eigenvalue weighted by molar-refractivity contribution is 5.91. The van der Waals surface area contributed by atoms with Gasteiger partial charge in [-0.1, -0.05) is 42.5 Å². The summed E-state index contributed by atoms with van der Waals surface area (Å²) >= 11 is 0. The maximum Gasteiger partial charge on any atom is 0.317 e. The fourth-order valence-corrected chi connectivity index (χ4v) is 3.06. The summed E-state index contributed by atoms with van der Waals surface area (Å²) < 4.78 is 10.4. The van der Waals surface area contributed by atoms with Crippen molar-refractivity contribution in [3.63, 3.8) is 0 Å². The second-order valence-corrected chi connectivity index (χ2v) is 7.20. The molecule has 25 heavy (non-hydrogen) atoms. The van der Waals surface area contributed by atoms with Crippen molar-refractivity contribution in [3.8, 4) is 11.1 Å². The standard InChI is InChI=1S/C21H22O4/c1-21(2,3)25-20(23)12-19(22)24-13-15-8-6-10-17-16-9-5-4-7-14(16)11-18(15)17/h4-10H,11-13H2,1-3H3. The van der Waals surface area contributed by atoms with Crippen molar-refractivity contribution in [2.24, 2.45) is 0 Å². The van der Waals surface area contributed by atoms with Gasteiger partial charge < -0.3 is 9.47 Å². The first-order valence-corrected chi connectivity index (χ1v) is 8.40. The molecule has 0 saturated carbocycles. The van der Waals surface area contributed by atoms with Gasteiger partial charge in [-0.2, -0.15) is 0 Å². The zero-order valence-electron chi connectivity index (χ0n) is 14.8. The molecule has 1 aliphatic rings. The average molecular weight is 338 g/mol. The highest BCUT2D eigenvalue weighted by atomic mass is 16.6.